The Kier molecular flexibility index (Phi) is 5.08. The topological polar surface area (TPSA) is 76.1 Å². The summed E-state index contributed by atoms with van der Waals surface area (Å²) < 4.78 is 10.3. The first-order valence-electron chi connectivity index (χ1n) is 11.4. The Morgan fingerprint density at radius 3 is 2.84 bits per heavy atom. The average molecular weight is 426 g/mol. The summed E-state index contributed by atoms with van der Waals surface area (Å²) >= 11 is 0. The van der Waals surface area contributed by atoms with Crippen LogP contribution in [0.1, 0.15) is 55.2 Å². The van der Waals surface area contributed by atoms with Crippen molar-refractivity contribution in [2.75, 3.05) is 27.3 Å². The van der Waals surface area contributed by atoms with E-state index >= 15 is 0 Å². The van der Waals surface area contributed by atoms with Gasteiger partial charge in [0.25, 0.3) is 0 Å². The first-order valence-corrected chi connectivity index (χ1v) is 11.4. The van der Waals surface area contributed by atoms with Gasteiger partial charge in [-0.3, -0.25) is 9.69 Å². The lowest BCUT2D eigenvalue weighted by Crippen LogP contribution is -2.62. The highest BCUT2D eigenvalue weighted by Gasteiger charge is 2.57. The number of carbonyl (C=O) groups excluding carboxylic acids is 2. The SMILES string of the molecule is COC(=O)/C=C/c1cc(OC)c(O)c2c1CC1C3CCC(=O)C[C@@]23CCN1CC1CC1. The summed E-state index contributed by atoms with van der Waals surface area (Å²) in [4.78, 5) is 27.1. The van der Waals surface area contributed by atoms with Crippen LogP contribution in [-0.4, -0.2) is 55.1 Å². The van der Waals surface area contributed by atoms with Gasteiger partial charge in [-0.15, -0.1) is 0 Å². The smallest absolute Gasteiger partial charge is 0.330 e. The summed E-state index contributed by atoms with van der Waals surface area (Å²) in [5.74, 6) is 1.60. The van der Waals surface area contributed by atoms with Crippen LogP contribution in [-0.2, 0) is 26.2 Å². The van der Waals surface area contributed by atoms with Crippen molar-refractivity contribution < 1.29 is 24.2 Å². The van der Waals surface area contributed by atoms with Gasteiger partial charge >= 0.3 is 5.97 Å². The number of phenolic OH excluding ortho intramolecular Hbond substituents is 1. The Hall–Kier alpha value is -2.34. The van der Waals surface area contributed by atoms with Crippen LogP contribution in [0.15, 0.2) is 12.1 Å². The number of ketones is 1. The number of phenols is 1. The molecule has 1 aromatic carbocycles. The molecule has 1 heterocycles. The zero-order valence-electron chi connectivity index (χ0n) is 18.4. The third-order valence-corrected chi connectivity index (χ3v) is 8.06. The maximum atomic E-state index is 12.7. The van der Waals surface area contributed by atoms with Gasteiger partial charge in [0, 0.05) is 42.5 Å². The summed E-state index contributed by atoms with van der Waals surface area (Å²) in [6.45, 7) is 2.10. The van der Waals surface area contributed by atoms with Crippen molar-refractivity contribution in [2.24, 2.45) is 11.8 Å². The van der Waals surface area contributed by atoms with Crippen molar-refractivity contribution in [1.82, 2.24) is 4.90 Å². The molecular formula is C25H31NO5. The van der Waals surface area contributed by atoms with Crippen LogP contribution in [0.2, 0.25) is 0 Å². The molecule has 2 saturated carbocycles. The van der Waals surface area contributed by atoms with Crippen LogP contribution >= 0.6 is 0 Å². The van der Waals surface area contributed by atoms with Gasteiger partial charge in [0.2, 0.25) is 0 Å². The number of hydrogen-bond donors (Lipinski definition) is 1. The molecule has 1 N–H and O–H groups in total. The monoisotopic (exact) mass is 425 g/mol. The molecule has 6 nitrogen and oxygen atoms in total. The molecule has 0 amide bonds. The molecule has 166 valence electrons. The van der Waals surface area contributed by atoms with Gasteiger partial charge in [-0.2, -0.15) is 0 Å². The number of methoxy groups -OCH3 is 2. The predicted octanol–water partition coefficient (Wildman–Crippen LogP) is 3.23. The fraction of sp³-hybridized carbons (Fsp3) is 0.600. The lowest BCUT2D eigenvalue weighted by atomic mass is 9.51. The Labute approximate surface area is 183 Å². The maximum absolute atomic E-state index is 12.7. The lowest BCUT2D eigenvalue weighted by molar-refractivity contribution is -0.134. The third kappa shape index (κ3) is 3.36. The zero-order valence-corrected chi connectivity index (χ0v) is 18.4. The molecule has 4 aliphatic rings. The van der Waals surface area contributed by atoms with Crippen molar-refractivity contribution in [3.05, 3.63) is 28.8 Å². The van der Waals surface area contributed by atoms with E-state index in [-0.39, 0.29) is 16.9 Å². The number of benzene rings is 1. The maximum Gasteiger partial charge on any atom is 0.330 e. The van der Waals surface area contributed by atoms with Crippen molar-refractivity contribution in [3.8, 4) is 11.5 Å². The number of hydrogen-bond acceptors (Lipinski definition) is 6. The highest BCUT2D eigenvalue weighted by molar-refractivity contribution is 5.88. The van der Waals surface area contributed by atoms with Gasteiger partial charge in [-0.25, -0.2) is 4.79 Å². The average Bonchev–Trinajstić information content (AvgIpc) is 3.58. The van der Waals surface area contributed by atoms with E-state index in [1.54, 1.807) is 19.3 Å². The molecule has 0 radical (unpaired) electrons. The van der Waals surface area contributed by atoms with Gasteiger partial charge in [0.05, 0.1) is 14.2 Å². The molecule has 31 heavy (non-hydrogen) atoms. The molecule has 1 aromatic rings. The number of rotatable bonds is 5. The second kappa shape index (κ2) is 7.66. The molecule has 3 aliphatic carbocycles. The molecule has 6 heteroatoms. The van der Waals surface area contributed by atoms with Crippen LogP contribution in [0.3, 0.4) is 0 Å². The van der Waals surface area contributed by atoms with Crippen LogP contribution in [0.5, 0.6) is 11.5 Å². The minimum atomic E-state index is -0.420. The van der Waals surface area contributed by atoms with Gasteiger partial charge < -0.3 is 14.6 Å². The third-order valence-electron chi connectivity index (χ3n) is 8.06. The Morgan fingerprint density at radius 2 is 2.13 bits per heavy atom. The highest BCUT2D eigenvalue weighted by atomic mass is 16.5. The van der Waals surface area contributed by atoms with Gasteiger partial charge in [0.1, 0.15) is 5.78 Å². The first-order chi connectivity index (χ1) is 15.0. The molecule has 5 rings (SSSR count). The van der Waals surface area contributed by atoms with E-state index in [4.69, 9.17) is 9.47 Å². The Balaban J connectivity index is 1.67. The number of ether oxygens (including phenoxy) is 2. The van der Waals surface area contributed by atoms with Crippen molar-refractivity contribution >= 4 is 17.8 Å². The van der Waals surface area contributed by atoms with E-state index in [2.05, 4.69) is 4.90 Å². The van der Waals surface area contributed by atoms with Gasteiger partial charge in [0.15, 0.2) is 11.5 Å². The van der Waals surface area contributed by atoms with E-state index in [0.29, 0.717) is 30.6 Å². The number of piperidine rings is 1. The molecule has 1 aliphatic heterocycles. The number of carbonyl (C=O) groups is 2. The van der Waals surface area contributed by atoms with Gasteiger partial charge in [-0.05, 0) is 73.8 Å². The number of esters is 1. The quantitative estimate of drug-likeness (QED) is 0.577. The molecule has 1 saturated heterocycles. The number of nitrogens with zero attached hydrogens (tertiary/aromatic N) is 1. The van der Waals surface area contributed by atoms with Crippen molar-refractivity contribution in [2.45, 2.75) is 56.4 Å². The molecule has 0 spiro atoms. The van der Waals surface area contributed by atoms with Gasteiger partial charge in [-0.1, -0.05) is 0 Å². The molecule has 2 bridgehead atoms. The van der Waals surface area contributed by atoms with E-state index < -0.39 is 5.97 Å². The predicted molar refractivity (Wildman–Crippen MR) is 116 cm³/mol. The van der Waals surface area contributed by atoms with Crippen molar-refractivity contribution in [3.63, 3.8) is 0 Å². The zero-order chi connectivity index (χ0) is 21.8. The summed E-state index contributed by atoms with van der Waals surface area (Å²) in [5.41, 5.74) is 2.45. The fourth-order valence-electron chi connectivity index (χ4n) is 6.49. The highest BCUT2D eigenvalue weighted by Crippen LogP contribution is 2.59. The molecule has 0 aromatic heterocycles. The normalized spacial score (nSPS) is 30.1. The molecule has 2 unspecified atom stereocenters. The molecule has 3 atom stereocenters. The van der Waals surface area contributed by atoms with Crippen molar-refractivity contribution in [1.29, 1.82) is 0 Å². The second-order valence-corrected chi connectivity index (χ2v) is 9.70. The summed E-state index contributed by atoms with van der Waals surface area (Å²) in [6.07, 6.45) is 9.51. The Bertz CT molecular complexity index is 950. The van der Waals surface area contributed by atoms with E-state index in [9.17, 15) is 14.7 Å². The minimum absolute atomic E-state index is 0.168. The standard InChI is InChI=1S/C25H31NO5/c1-30-21-11-16(5-8-22(28)31-2)18-12-20-19-7-6-17(27)13-25(19,23(18)24(21)29)9-10-26(20)14-15-3-4-15/h5,8,11,15,19-20,29H,3-4,6-7,9-10,12-14H2,1-2H3/b8-5+/t19?,20?,25-/m1/s1. The molecular weight excluding hydrogens is 394 g/mol. The van der Waals surface area contributed by atoms with Crippen LogP contribution in [0, 0.1) is 11.8 Å². The van der Waals surface area contributed by atoms with Crippen LogP contribution in [0.4, 0.5) is 0 Å². The van der Waals surface area contributed by atoms with E-state index in [1.807, 2.05) is 0 Å². The number of likely N-dealkylation sites (tertiary alicyclic amines) is 1. The number of fused-ring (bicyclic) bond motifs is 1. The number of aromatic hydroxyl groups is 1. The first kappa shape index (κ1) is 20.6. The summed E-state index contributed by atoms with van der Waals surface area (Å²) in [7, 11) is 2.90. The summed E-state index contributed by atoms with van der Waals surface area (Å²) in [6, 6.07) is 2.17. The minimum Gasteiger partial charge on any atom is -0.504 e. The van der Waals surface area contributed by atoms with Crippen LogP contribution < -0.4 is 4.74 Å². The Morgan fingerprint density at radius 1 is 1.32 bits per heavy atom. The number of Topliss-reactive ketones (excluding diaryl/α,β-unsaturated/α-hetero) is 1. The summed E-state index contributed by atoms with van der Waals surface area (Å²) in [5, 5.41) is 11.3. The largest absolute Gasteiger partial charge is 0.504 e. The lowest BCUT2D eigenvalue weighted by Gasteiger charge is -2.59. The van der Waals surface area contributed by atoms with E-state index in [0.717, 1.165) is 55.0 Å². The van der Waals surface area contributed by atoms with E-state index in [1.165, 1.54) is 26.0 Å². The fourth-order valence-corrected chi connectivity index (χ4v) is 6.49. The second-order valence-electron chi connectivity index (χ2n) is 9.70. The molecule has 3 fully saturated rings. The van der Waals surface area contributed by atoms with Crippen LogP contribution in [0.25, 0.3) is 6.08 Å².